The van der Waals surface area contributed by atoms with Crippen LogP contribution in [0.3, 0.4) is 0 Å². The molecule has 1 aliphatic heterocycles. The molecule has 0 aliphatic carbocycles. The topological polar surface area (TPSA) is 58.9 Å². The Morgan fingerprint density at radius 1 is 1.24 bits per heavy atom. The molecule has 1 aliphatic rings. The van der Waals surface area contributed by atoms with Gasteiger partial charge in [0.15, 0.2) is 11.6 Å². The van der Waals surface area contributed by atoms with Crippen molar-refractivity contribution in [3.63, 3.8) is 0 Å². The van der Waals surface area contributed by atoms with Crippen LogP contribution in [0.1, 0.15) is 11.6 Å². The van der Waals surface area contributed by atoms with Crippen LogP contribution in [0.25, 0.3) is 0 Å². The van der Waals surface area contributed by atoms with Gasteiger partial charge in [0, 0.05) is 26.3 Å². The standard InChI is InChI=1S/C12H13F3N6/c1-16-8-3-2-4-17-10(8)20-5-6-21-9(7-20)18-19-11(21)12(13,14)15/h2-4,16H,5-7H2,1H3. The van der Waals surface area contributed by atoms with Gasteiger partial charge in [-0.2, -0.15) is 13.2 Å². The lowest BCUT2D eigenvalue weighted by Crippen LogP contribution is -2.36. The molecule has 21 heavy (non-hydrogen) atoms. The summed E-state index contributed by atoms with van der Waals surface area (Å²) < 4.78 is 39.5. The minimum absolute atomic E-state index is 0.177. The fraction of sp³-hybridized carbons (Fsp3) is 0.417. The second-order valence-corrected chi connectivity index (χ2v) is 4.64. The second-order valence-electron chi connectivity index (χ2n) is 4.64. The van der Waals surface area contributed by atoms with Crippen molar-refractivity contribution in [3.05, 3.63) is 30.0 Å². The normalized spacial score (nSPS) is 15.0. The first-order valence-electron chi connectivity index (χ1n) is 6.37. The first kappa shape index (κ1) is 13.7. The predicted molar refractivity (Wildman–Crippen MR) is 69.9 cm³/mol. The highest BCUT2D eigenvalue weighted by molar-refractivity contribution is 5.65. The van der Waals surface area contributed by atoms with Crippen molar-refractivity contribution < 1.29 is 13.2 Å². The van der Waals surface area contributed by atoms with Crippen LogP contribution >= 0.6 is 0 Å². The SMILES string of the molecule is CNc1cccnc1N1CCn2c(nnc2C(F)(F)F)C1. The molecule has 2 aromatic heterocycles. The first-order valence-corrected chi connectivity index (χ1v) is 6.37. The summed E-state index contributed by atoms with van der Waals surface area (Å²) in [5, 5.41) is 9.94. The maximum Gasteiger partial charge on any atom is 0.451 e. The first-order chi connectivity index (χ1) is 10.0. The molecule has 2 aromatic rings. The summed E-state index contributed by atoms with van der Waals surface area (Å²) in [6.45, 7) is 0.839. The van der Waals surface area contributed by atoms with E-state index in [4.69, 9.17) is 0 Å². The highest BCUT2D eigenvalue weighted by Gasteiger charge is 2.39. The summed E-state index contributed by atoms with van der Waals surface area (Å²) in [6.07, 6.45) is -2.83. The van der Waals surface area contributed by atoms with Crippen LogP contribution < -0.4 is 10.2 Å². The van der Waals surface area contributed by atoms with E-state index in [1.807, 2.05) is 11.0 Å². The second kappa shape index (κ2) is 4.90. The summed E-state index contributed by atoms with van der Waals surface area (Å²) >= 11 is 0. The number of nitrogens with zero attached hydrogens (tertiary/aromatic N) is 5. The molecule has 0 atom stereocenters. The van der Waals surface area contributed by atoms with Gasteiger partial charge in [-0.05, 0) is 12.1 Å². The summed E-state index contributed by atoms with van der Waals surface area (Å²) in [5.74, 6) is 0.0519. The summed E-state index contributed by atoms with van der Waals surface area (Å²) in [4.78, 5) is 6.17. The molecular weight excluding hydrogens is 285 g/mol. The molecule has 0 saturated carbocycles. The molecular formula is C12H13F3N6. The maximum atomic E-state index is 12.8. The smallest absolute Gasteiger partial charge is 0.385 e. The Morgan fingerprint density at radius 3 is 2.76 bits per heavy atom. The number of rotatable bonds is 2. The molecule has 0 saturated heterocycles. The Morgan fingerprint density at radius 2 is 2.05 bits per heavy atom. The van der Waals surface area contributed by atoms with E-state index in [1.54, 1.807) is 19.3 Å². The summed E-state index contributed by atoms with van der Waals surface area (Å²) in [7, 11) is 1.77. The molecule has 9 heteroatoms. The summed E-state index contributed by atoms with van der Waals surface area (Å²) in [6, 6.07) is 3.66. The lowest BCUT2D eigenvalue weighted by Gasteiger charge is -2.30. The van der Waals surface area contributed by atoms with Gasteiger partial charge in [-0.1, -0.05) is 0 Å². The van der Waals surface area contributed by atoms with E-state index in [2.05, 4.69) is 20.5 Å². The number of aromatic nitrogens is 4. The fourth-order valence-corrected chi connectivity index (χ4v) is 2.39. The molecule has 3 heterocycles. The van der Waals surface area contributed by atoms with Gasteiger partial charge in [-0.3, -0.25) is 0 Å². The number of hydrogen-bond donors (Lipinski definition) is 1. The zero-order valence-corrected chi connectivity index (χ0v) is 11.2. The largest absolute Gasteiger partial charge is 0.451 e. The monoisotopic (exact) mass is 298 g/mol. The number of nitrogens with one attached hydrogen (secondary N) is 1. The number of pyridine rings is 1. The van der Waals surface area contributed by atoms with Gasteiger partial charge in [0.05, 0.1) is 12.2 Å². The van der Waals surface area contributed by atoms with Gasteiger partial charge in [0.1, 0.15) is 0 Å². The quantitative estimate of drug-likeness (QED) is 0.915. The number of hydrogen-bond acceptors (Lipinski definition) is 5. The Hall–Kier alpha value is -2.32. The van der Waals surface area contributed by atoms with E-state index >= 15 is 0 Å². The minimum Gasteiger partial charge on any atom is -0.385 e. The van der Waals surface area contributed by atoms with Crippen molar-refractivity contribution in [1.82, 2.24) is 19.7 Å². The van der Waals surface area contributed by atoms with Gasteiger partial charge < -0.3 is 14.8 Å². The van der Waals surface area contributed by atoms with E-state index in [0.717, 1.165) is 10.3 Å². The molecule has 3 rings (SSSR count). The van der Waals surface area contributed by atoms with Crippen LogP contribution in [0, 0.1) is 0 Å². The van der Waals surface area contributed by atoms with E-state index < -0.39 is 12.0 Å². The van der Waals surface area contributed by atoms with Crippen molar-refractivity contribution in [2.24, 2.45) is 0 Å². The molecule has 0 fully saturated rings. The third kappa shape index (κ3) is 2.39. The zero-order valence-electron chi connectivity index (χ0n) is 11.2. The Labute approximate surface area is 118 Å². The molecule has 0 radical (unpaired) electrons. The van der Waals surface area contributed by atoms with Gasteiger partial charge in [0.2, 0.25) is 5.82 Å². The van der Waals surface area contributed by atoms with Crippen LogP contribution in [0.15, 0.2) is 18.3 Å². The van der Waals surface area contributed by atoms with Crippen LogP contribution in [0.4, 0.5) is 24.7 Å². The maximum absolute atomic E-state index is 12.8. The van der Waals surface area contributed by atoms with E-state index in [-0.39, 0.29) is 13.1 Å². The summed E-state index contributed by atoms with van der Waals surface area (Å²) in [5.41, 5.74) is 0.821. The Bertz CT molecular complexity index is 651. The van der Waals surface area contributed by atoms with Gasteiger partial charge in [0.25, 0.3) is 0 Å². The van der Waals surface area contributed by atoms with Crippen LogP contribution in [-0.2, 0) is 19.3 Å². The van der Waals surface area contributed by atoms with E-state index in [0.29, 0.717) is 18.2 Å². The van der Waals surface area contributed by atoms with Crippen molar-refractivity contribution in [1.29, 1.82) is 0 Å². The van der Waals surface area contributed by atoms with Crippen LogP contribution in [0.2, 0.25) is 0 Å². The van der Waals surface area contributed by atoms with Crippen molar-refractivity contribution in [2.45, 2.75) is 19.3 Å². The lowest BCUT2D eigenvalue weighted by atomic mass is 10.3. The van der Waals surface area contributed by atoms with Gasteiger partial charge in [-0.25, -0.2) is 4.98 Å². The van der Waals surface area contributed by atoms with Crippen LogP contribution in [0.5, 0.6) is 0 Å². The molecule has 6 nitrogen and oxygen atoms in total. The van der Waals surface area contributed by atoms with E-state index in [9.17, 15) is 13.2 Å². The molecule has 112 valence electrons. The average Bonchev–Trinajstić information content (AvgIpc) is 2.90. The molecule has 0 unspecified atom stereocenters. The predicted octanol–water partition coefficient (Wildman–Crippen LogP) is 1.75. The Kier molecular flexibility index (Phi) is 3.19. The van der Waals surface area contributed by atoms with Crippen molar-refractivity contribution >= 4 is 11.5 Å². The van der Waals surface area contributed by atoms with Gasteiger partial charge in [-0.15, -0.1) is 10.2 Å². The third-order valence-electron chi connectivity index (χ3n) is 3.36. The number of halogens is 3. The van der Waals surface area contributed by atoms with Crippen molar-refractivity contribution in [2.75, 3.05) is 23.8 Å². The van der Waals surface area contributed by atoms with Gasteiger partial charge >= 0.3 is 6.18 Å². The molecule has 0 amide bonds. The third-order valence-corrected chi connectivity index (χ3v) is 3.36. The van der Waals surface area contributed by atoms with Crippen molar-refractivity contribution in [3.8, 4) is 0 Å². The zero-order chi connectivity index (χ0) is 15.0. The minimum atomic E-state index is -4.48. The highest BCUT2D eigenvalue weighted by Crippen LogP contribution is 2.31. The molecule has 0 spiro atoms. The number of alkyl halides is 3. The molecule has 1 N–H and O–H groups in total. The molecule has 0 bridgehead atoms. The number of anilines is 2. The lowest BCUT2D eigenvalue weighted by molar-refractivity contribution is -0.147. The fourth-order valence-electron chi connectivity index (χ4n) is 2.39. The van der Waals surface area contributed by atoms with E-state index in [1.165, 1.54) is 0 Å². The van der Waals surface area contributed by atoms with Crippen LogP contribution in [-0.4, -0.2) is 33.3 Å². The highest BCUT2D eigenvalue weighted by atomic mass is 19.4. The number of fused-ring (bicyclic) bond motifs is 1. The molecule has 0 aromatic carbocycles. The Balaban J connectivity index is 1.90. The average molecular weight is 298 g/mol.